The molecule has 1 N–H and O–H groups in total. The van der Waals surface area contributed by atoms with Crippen LogP contribution in [0.15, 0.2) is 0 Å². The minimum atomic E-state index is -0.376. The molecule has 0 aromatic heterocycles. The smallest absolute Gasteiger partial charge is 0.306 e. The lowest BCUT2D eigenvalue weighted by atomic mass is 10.1. The van der Waals surface area contributed by atoms with Crippen LogP contribution in [0.2, 0.25) is 0 Å². The zero-order valence-corrected chi connectivity index (χ0v) is 15.0. The number of hydrogen-bond donors (Lipinski definition) is 1. The predicted octanol–water partition coefficient (Wildman–Crippen LogP) is 0.780. The molecule has 1 heterocycles. The van der Waals surface area contributed by atoms with Gasteiger partial charge in [0.1, 0.15) is 0 Å². The highest BCUT2D eigenvalue weighted by molar-refractivity contribution is 5.81. The van der Waals surface area contributed by atoms with E-state index in [9.17, 15) is 14.4 Å². The third-order valence-corrected chi connectivity index (χ3v) is 4.28. The molecule has 1 fully saturated rings. The Morgan fingerprint density at radius 1 is 1.08 bits per heavy atom. The Hall–Kier alpha value is -1.63. The first-order chi connectivity index (χ1) is 11.6. The first-order valence-corrected chi connectivity index (χ1v) is 8.90. The SMILES string of the molecule is CCC(=O)NCCN(CCN1CCCCC1)C(=O)CCC(=O)OC. The normalized spacial score (nSPS) is 14.9. The number of carbonyl (C=O) groups is 3. The summed E-state index contributed by atoms with van der Waals surface area (Å²) in [4.78, 5) is 39.0. The van der Waals surface area contributed by atoms with E-state index in [4.69, 9.17) is 0 Å². The Morgan fingerprint density at radius 2 is 1.79 bits per heavy atom. The highest BCUT2D eigenvalue weighted by atomic mass is 16.5. The highest BCUT2D eigenvalue weighted by Gasteiger charge is 2.17. The van der Waals surface area contributed by atoms with Crippen molar-refractivity contribution in [2.75, 3.05) is 46.4 Å². The number of amides is 2. The van der Waals surface area contributed by atoms with Gasteiger partial charge >= 0.3 is 5.97 Å². The average molecular weight is 341 g/mol. The molecule has 138 valence electrons. The molecule has 0 bridgehead atoms. The van der Waals surface area contributed by atoms with Gasteiger partial charge in [-0.3, -0.25) is 14.4 Å². The molecule has 0 saturated carbocycles. The first kappa shape index (κ1) is 20.4. The van der Waals surface area contributed by atoms with Gasteiger partial charge in [0.15, 0.2) is 0 Å². The molecule has 7 heteroatoms. The topological polar surface area (TPSA) is 79.0 Å². The number of nitrogens with zero attached hydrogens (tertiary/aromatic N) is 2. The van der Waals surface area contributed by atoms with Crippen LogP contribution in [-0.2, 0) is 19.1 Å². The van der Waals surface area contributed by atoms with E-state index in [0.29, 0.717) is 26.1 Å². The Bertz CT molecular complexity index is 409. The van der Waals surface area contributed by atoms with Gasteiger partial charge in [-0.2, -0.15) is 0 Å². The lowest BCUT2D eigenvalue weighted by molar-refractivity contribution is -0.143. The summed E-state index contributed by atoms with van der Waals surface area (Å²) in [6.07, 6.45) is 4.38. The molecule has 1 rings (SSSR count). The van der Waals surface area contributed by atoms with Gasteiger partial charge in [0.2, 0.25) is 11.8 Å². The molecule has 0 aromatic carbocycles. The van der Waals surface area contributed by atoms with Crippen molar-refractivity contribution in [3.8, 4) is 0 Å². The van der Waals surface area contributed by atoms with Gasteiger partial charge in [-0.05, 0) is 25.9 Å². The minimum absolute atomic E-state index is 0.0204. The molecule has 0 aliphatic carbocycles. The average Bonchev–Trinajstić information content (AvgIpc) is 2.62. The molecule has 2 amide bonds. The molecular formula is C17H31N3O4. The lowest BCUT2D eigenvalue weighted by Gasteiger charge is -2.30. The molecule has 1 aliphatic heterocycles. The highest BCUT2D eigenvalue weighted by Crippen LogP contribution is 2.08. The van der Waals surface area contributed by atoms with E-state index < -0.39 is 0 Å². The molecule has 0 radical (unpaired) electrons. The van der Waals surface area contributed by atoms with Crippen molar-refractivity contribution in [2.45, 2.75) is 45.4 Å². The van der Waals surface area contributed by atoms with Crippen molar-refractivity contribution in [3.05, 3.63) is 0 Å². The quantitative estimate of drug-likeness (QED) is 0.594. The Morgan fingerprint density at radius 3 is 2.42 bits per heavy atom. The second-order valence-corrected chi connectivity index (χ2v) is 6.06. The first-order valence-electron chi connectivity index (χ1n) is 8.90. The number of nitrogens with one attached hydrogen (secondary N) is 1. The molecule has 1 aliphatic rings. The van der Waals surface area contributed by atoms with Gasteiger partial charge in [-0.15, -0.1) is 0 Å². The van der Waals surface area contributed by atoms with Crippen LogP contribution in [0.25, 0.3) is 0 Å². The van der Waals surface area contributed by atoms with Gasteiger partial charge in [-0.1, -0.05) is 13.3 Å². The summed E-state index contributed by atoms with van der Waals surface area (Å²) in [5.74, 6) is -0.463. The molecule has 0 spiro atoms. The molecule has 1 saturated heterocycles. The van der Waals surface area contributed by atoms with Crippen molar-refractivity contribution in [1.82, 2.24) is 15.1 Å². The number of likely N-dealkylation sites (tertiary alicyclic amines) is 1. The fourth-order valence-corrected chi connectivity index (χ4v) is 2.73. The van der Waals surface area contributed by atoms with Gasteiger partial charge in [-0.25, -0.2) is 0 Å². The Balaban J connectivity index is 2.44. The zero-order valence-electron chi connectivity index (χ0n) is 15.0. The van der Waals surface area contributed by atoms with Gasteiger partial charge in [0.25, 0.3) is 0 Å². The van der Waals surface area contributed by atoms with Crippen molar-refractivity contribution in [3.63, 3.8) is 0 Å². The molecule has 0 aromatic rings. The van der Waals surface area contributed by atoms with E-state index in [1.54, 1.807) is 11.8 Å². The predicted molar refractivity (Wildman–Crippen MR) is 91.4 cm³/mol. The minimum Gasteiger partial charge on any atom is -0.469 e. The van der Waals surface area contributed by atoms with E-state index in [1.807, 2.05) is 0 Å². The standard InChI is InChI=1S/C17H31N3O4/c1-3-15(21)18-9-12-20(16(22)7-8-17(23)24-2)14-13-19-10-5-4-6-11-19/h3-14H2,1-2H3,(H,18,21). The van der Waals surface area contributed by atoms with Crippen molar-refractivity contribution in [2.24, 2.45) is 0 Å². The number of piperidine rings is 1. The van der Waals surface area contributed by atoms with Crippen LogP contribution in [0, 0.1) is 0 Å². The molecule has 24 heavy (non-hydrogen) atoms. The van der Waals surface area contributed by atoms with E-state index >= 15 is 0 Å². The number of ether oxygens (including phenoxy) is 1. The van der Waals surface area contributed by atoms with Crippen molar-refractivity contribution >= 4 is 17.8 Å². The lowest BCUT2D eigenvalue weighted by Crippen LogP contribution is -2.43. The van der Waals surface area contributed by atoms with Crippen molar-refractivity contribution in [1.29, 1.82) is 0 Å². The van der Waals surface area contributed by atoms with Gasteiger partial charge < -0.3 is 19.9 Å². The van der Waals surface area contributed by atoms with Crippen LogP contribution in [0.5, 0.6) is 0 Å². The molecule has 0 atom stereocenters. The molecule has 7 nitrogen and oxygen atoms in total. The van der Waals surface area contributed by atoms with Crippen LogP contribution in [-0.4, -0.2) is 74.0 Å². The van der Waals surface area contributed by atoms with E-state index in [-0.39, 0.29) is 30.6 Å². The van der Waals surface area contributed by atoms with Crippen molar-refractivity contribution < 1.29 is 19.1 Å². The number of carbonyl (C=O) groups excluding carboxylic acids is 3. The zero-order chi connectivity index (χ0) is 17.8. The van der Waals surface area contributed by atoms with Crippen LogP contribution >= 0.6 is 0 Å². The summed E-state index contributed by atoms with van der Waals surface area (Å²) in [6, 6.07) is 0. The monoisotopic (exact) mass is 341 g/mol. The number of esters is 1. The maximum absolute atomic E-state index is 12.4. The molecule has 0 unspecified atom stereocenters. The van der Waals surface area contributed by atoms with Crippen LogP contribution < -0.4 is 5.32 Å². The summed E-state index contributed by atoms with van der Waals surface area (Å²) in [6.45, 7) is 6.34. The third-order valence-electron chi connectivity index (χ3n) is 4.28. The Kier molecular flexibility index (Phi) is 10.1. The number of hydrogen-bond acceptors (Lipinski definition) is 5. The summed E-state index contributed by atoms with van der Waals surface area (Å²) in [7, 11) is 1.32. The van der Waals surface area contributed by atoms with E-state index in [1.165, 1.54) is 26.4 Å². The van der Waals surface area contributed by atoms with E-state index in [0.717, 1.165) is 19.6 Å². The number of rotatable bonds is 10. The van der Waals surface area contributed by atoms with Gasteiger partial charge in [0, 0.05) is 39.0 Å². The maximum atomic E-state index is 12.4. The van der Waals surface area contributed by atoms with Crippen LogP contribution in [0.3, 0.4) is 0 Å². The van der Waals surface area contributed by atoms with Crippen LogP contribution in [0.4, 0.5) is 0 Å². The second kappa shape index (κ2) is 11.8. The summed E-state index contributed by atoms with van der Waals surface area (Å²) >= 11 is 0. The van der Waals surface area contributed by atoms with Crippen LogP contribution in [0.1, 0.15) is 45.4 Å². The summed E-state index contributed by atoms with van der Waals surface area (Å²) < 4.78 is 4.59. The van der Waals surface area contributed by atoms with E-state index in [2.05, 4.69) is 15.0 Å². The number of methoxy groups -OCH3 is 1. The second-order valence-electron chi connectivity index (χ2n) is 6.06. The fraction of sp³-hybridized carbons (Fsp3) is 0.824. The summed E-state index contributed by atoms with van der Waals surface area (Å²) in [5, 5.41) is 2.79. The fourth-order valence-electron chi connectivity index (χ4n) is 2.73. The van der Waals surface area contributed by atoms with Gasteiger partial charge in [0.05, 0.1) is 13.5 Å². The third kappa shape index (κ3) is 8.29. The summed E-state index contributed by atoms with van der Waals surface area (Å²) in [5.41, 5.74) is 0. The molecular weight excluding hydrogens is 310 g/mol. The maximum Gasteiger partial charge on any atom is 0.306 e. The Labute approximate surface area is 144 Å². The largest absolute Gasteiger partial charge is 0.469 e.